The molecule has 1 heterocycles. The molecular weight excluding hydrogens is 442 g/mol. The van der Waals surface area contributed by atoms with E-state index >= 15 is 0 Å². The number of aromatic nitrogens is 1. The summed E-state index contributed by atoms with van der Waals surface area (Å²) in [6.07, 6.45) is 4.75. The number of ether oxygens (including phenoxy) is 1. The van der Waals surface area contributed by atoms with Gasteiger partial charge in [-0.2, -0.15) is 10.1 Å². The van der Waals surface area contributed by atoms with E-state index in [0.29, 0.717) is 10.2 Å². The minimum Gasteiger partial charge on any atom is -0.497 e. The molecule has 4 aromatic rings. The second-order valence-corrected chi connectivity index (χ2v) is 8.41. The SMILES string of the molecule is COc1ccc(/C=N/N(C(=O)/C=C/c2ccccc2Cl)c2nc3ccc(C)cc3s2)cc1. The maximum atomic E-state index is 13.1. The lowest BCUT2D eigenvalue weighted by atomic mass is 10.2. The van der Waals surface area contributed by atoms with E-state index < -0.39 is 0 Å². The number of carbonyl (C=O) groups excluding carboxylic acids is 1. The van der Waals surface area contributed by atoms with E-state index in [2.05, 4.69) is 10.1 Å². The topological polar surface area (TPSA) is 54.8 Å². The first kappa shape index (κ1) is 21.7. The van der Waals surface area contributed by atoms with Crippen LogP contribution >= 0.6 is 22.9 Å². The van der Waals surface area contributed by atoms with E-state index in [0.717, 1.165) is 32.7 Å². The molecule has 0 aliphatic rings. The molecule has 1 amide bonds. The van der Waals surface area contributed by atoms with Gasteiger partial charge >= 0.3 is 0 Å². The summed E-state index contributed by atoms with van der Waals surface area (Å²) in [6.45, 7) is 2.02. The molecule has 3 aromatic carbocycles. The van der Waals surface area contributed by atoms with Gasteiger partial charge in [-0.15, -0.1) is 0 Å². The maximum Gasteiger partial charge on any atom is 0.273 e. The monoisotopic (exact) mass is 461 g/mol. The molecule has 0 atom stereocenters. The Bertz CT molecular complexity index is 1310. The number of benzene rings is 3. The van der Waals surface area contributed by atoms with Crippen LogP contribution in [0, 0.1) is 6.92 Å². The molecule has 0 N–H and O–H groups in total. The van der Waals surface area contributed by atoms with Crippen molar-refractivity contribution < 1.29 is 9.53 Å². The fourth-order valence-electron chi connectivity index (χ4n) is 2.97. The molecule has 32 heavy (non-hydrogen) atoms. The first-order chi connectivity index (χ1) is 15.5. The smallest absolute Gasteiger partial charge is 0.273 e. The molecule has 7 heteroatoms. The Balaban J connectivity index is 1.68. The van der Waals surface area contributed by atoms with Gasteiger partial charge in [0.2, 0.25) is 5.13 Å². The highest BCUT2D eigenvalue weighted by atomic mass is 35.5. The number of amides is 1. The minimum atomic E-state index is -0.328. The molecule has 0 aliphatic heterocycles. The number of nitrogens with zero attached hydrogens (tertiary/aromatic N) is 3. The zero-order valence-electron chi connectivity index (χ0n) is 17.5. The first-order valence-corrected chi connectivity index (χ1v) is 11.0. The van der Waals surface area contributed by atoms with Gasteiger partial charge in [-0.1, -0.05) is 47.2 Å². The number of rotatable bonds is 6. The van der Waals surface area contributed by atoms with Crippen molar-refractivity contribution in [1.29, 1.82) is 0 Å². The van der Waals surface area contributed by atoms with Gasteiger partial charge in [0.15, 0.2) is 0 Å². The number of fused-ring (bicyclic) bond motifs is 1. The second-order valence-electron chi connectivity index (χ2n) is 6.99. The van der Waals surface area contributed by atoms with Crippen molar-refractivity contribution in [3.63, 3.8) is 0 Å². The molecule has 0 fully saturated rings. The van der Waals surface area contributed by atoms with Crippen LogP contribution in [-0.2, 0) is 4.79 Å². The van der Waals surface area contributed by atoms with Crippen LogP contribution in [0.4, 0.5) is 5.13 Å². The quantitative estimate of drug-likeness (QED) is 0.191. The largest absolute Gasteiger partial charge is 0.497 e. The normalized spacial score (nSPS) is 11.5. The second kappa shape index (κ2) is 9.77. The van der Waals surface area contributed by atoms with Crippen LogP contribution in [0.5, 0.6) is 5.75 Å². The van der Waals surface area contributed by atoms with Crippen LogP contribution in [0.25, 0.3) is 16.3 Å². The zero-order valence-corrected chi connectivity index (χ0v) is 19.1. The highest BCUT2D eigenvalue weighted by Crippen LogP contribution is 2.30. The lowest BCUT2D eigenvalue weighted by Crippen LogP contribution is -2.23. The van der Waals surface area contributed by atoms with Gasteiger partial charge in [-0.3, -0.25) is 4.79 Å². The molecule has 0 aliphatic carbocycles. The third kappa shape index (κ3) is 5.04. The zero-order chi connectivity index (χ0) is 22.5. The number of carbonyl (C=O) groups is 1. The number of hydrogen-bond donors (Lipinski definition) is 0. The van der Waals surface area contributed by atoms with Gasteiger partial charge in [-0.25, -0.2) is 4.98 Å². The Labute approximate surface area is 195 Å². The molecule has 0 spiro atoms. The molecular formula is C25H20ClN3O2S. The number of anilines is 1. The Morgan fingerprint density at radius 3 is 2.66 bits per heavy atom. The summed E-state index contributed by atoms with van der Waals surface area (Å²) >= 11 is 7.63. The molecule has 1 aromatic heterocycles. The van der Waals surface area contributed by atoms with E-state index in [9.17, 15) is 4.79 Å². The number of halogens is 1. The standard InChI is InChI=1S/C25H20ClN3O2S/c1-17-7-13-22-23(15-17)32-25(28-22)29(27-16-18-8-11-20(31-2)12-9-18)24(30)14-10-19-5-3-4-6-21(19)26/h3-16H,1-2H3/b14-10+,27-16+. The Hall–Kier alpha value is -3.48. The Kier molecular flexibility index (Phi) is 6.63. The lowest BCUT2D eigenvalue weighted by molar-refractivity contribution is -0.114. The molecule has 4 rings (SSSR count). The van der Waals surface area contributed by atoms with Crippen molar-refractivity contribution in [2.75, 3.05) is 12.1 Å². The lowest BCUT2D eigenvalue weighted by Gasteiger charge is -2.11. The van der Waals surface area contributed by atoms with Gasteiger partial charge in [0, 0.05) is 11.1 Å². The summed E-state index contributed by atoms with van der Waals surface area (Å²) in [6, 6.07) is 20.7. The van der Waals surface area contributed by atoms with E-state index in [1.807, 2.05) is 67.6 Å². The van der Waals surface area contributed by atoms with Crippen molar-refractivity contribution in [3.8, 4) is 5.75 Å². The van der Waals surface area contributed by atoms with Crippen LogP contribution < -0.4 is 9.75 Å². The van der Waals surface area contributed by atoms with Crippen molar-refractivity contribution in [1.82, 2.24) is 4.98 Å². The molecule has 0 radical (unpaired) electrons. The van der Waals surface area contributed by atoms with Crippen LogP contribution in [0.3, 0.4) is 0 Å². The fourth-order valence-corrected chi connectivity index (χ4v) is 4.19. The average molecular weight is 462 g/mol. The molecule has 160 valence electrons. The molecule has 0 saturated heterocycles. The summed E-state index contributed by atoms with van der Waals surface area (Å²) in [7, 11) is 1.61. The van der Waals surface area contributed by atoms with Gasteiger partial charge in [0.25, 0.3) is 5.91 Å². The van der Waals surface area contributed by atoms with Crippen LogP contribution in [0.2, 0.25) is 5.02 Å². The van der Waals surface area contributed by atoms with Crippen LogP contribution in [0.1, 0.15) is 16.7 Å². The van der Waals surface area contributed by atoms with E-state index in [1.54, 1.807) is 25.5 Å². The highest BCUT2D eigenvalue weighted by molar-refractivity contribution is 7.22. The average Bonchev–Trinajstić information content (AvgIpc) is 3.21. The summed E-state index contributed by atoms with van der Waals surface area (Å²) in [5.41, 5.74) is 3.53. The van der Waals surface area contributed by atoms with E-state index in [4.69, 9.17) is 16.3 Å². The van der Waals surface area contributed by atoms with Gasteiger partial charge in [-0.05, 0) is 72.2 Å². The van der Waals surface area contributed by atoms with Crippen molar-refractivity contribution in [2.24, 2.45) is 5.10 Å². The first-order valence-electron chi connectivity index (χ1n) is 9.85. The van der Waals surface area contributed by atoms with Crippen molar-refractivity contribution in [3.05, 3.63) is 94.5 Å². The van der Waals surface area contributed by atoms with E-state index in [1.165, 1.54) is 22.4 Å². The fraction of sp³-hybridized carbons (Fsp3) is 0.0800. The number of aryl methyl sites for hydroxylation is 1. The van der Waals surface area contributed by atoms with E-state index in [-0.39, 0.29) is 5.91 Å². The Morgan fingerprint density at radius 2 is 1.91 bits per heavy atom. The number of hydrogen-bond acceptors (Lipinski definition) is 5. The van der Waals surface area contributed by atoms with Crippen molar-refractivity contribution >= 4 is 56.5 Å². The van der Waals surface area contributed by atoms with Crippen LogP contribution in [0.15, 0.2) is 77.9 Å². The summed E-state index contributed by atoms with van der Waals surface area (Å²) < 4.78 is 6.19. The summed E-state index contributed by atoms with van der Waals surface area (Å²) in [5, 5.41) is 6.82. The summed E-state index contributed by atoms with van der Waals surface area (Å²) in [4.78, 5) is 17.7. The molecule has 0 bridgehead atoms. The molecule has 5 nitrogen and oxygen atoms in total. The number of thiazole rings is 1. The number of methoxy groups -OCH3 is 1. The highest BCUT2D eigenvalue weighted by Gasteiger charge is 2.17. The summed E-state index contributed by atoms with van der Waals surface area (Å²) in [5.74, 6) is 0.421. The third-order valence-electron chi connectivity index (χ3n) is 4.67. The minimum absolute atomic E-state index is 0.328. The Morgan fingerprint density at radius 1 is 1.12 bits per heavy atom. The van der Waals surface area contributed by atoms with Gasteiger partial charge < -0.3 is 4.74 Å². The van der Waals surface area contributed by atoms with Gasteiger partial charge in [0.1, 0.15) is 5.75 Å². The predicted octanol–water partition coefficient (Wildman–Crippen LogP) is 6.35. The maximum absolute atomic E-state index is 13.1. The third-order valence-corrected chi connectivity index (χ3v) is 6.01. The number of hydrazone groups is 1. The predicted molar refractivity (Wildman–Crippen MR) is 133 cm³/mol. The van der Waals surface area contributed by atoms with Gasteiger partial charge in [0.05, 0.1) is 23.5 Å². The molecule has 0 unspecified atom stereocenters. The molecule has 0 saturated carbocycles. The van der Waals surface area contributed by atoms with Crippen LogP contribution in [-0.4, -0.2) is 24.2 Å². The van der Waals surface area contributed by atoms with Crippen molar-refractivity contribution in [2.45, 2.75) is 6.92 Å².